The lowest BCUT2D eigenvalue weighted by Crippen LogP contribution is -2.37. The van der Waals surface area contributed by atoms with Crippen LogP contribution in [0.3, 0.4) is 0 Å². The molecule has 0 heterocycles. The molecule has 2 aromatic rings. The lowest BCUT2D eigenvalue weighted by atomic mass is 10.1. The maximum atomic E-state index is 12.8. The zero-order chi connectivity index (χ0) is 19.1. The van der Waals surface area contributed by atoms with Gasteiger partial charge in [0.2, 0.25) is 0 Å². The zero-order valence-electron chi connectivity index (χ0n) is 14.6. The summed E-state index contributed by atoms with van der Waals surface area (Å²) >= 11 is 0. The molecule has 0 saturated carbocycles. The van der Waals surface area contributed by atoms with Crippen LogP contribution in [0.15, 0.2) is 48.5 Å². The van der Waals surface area contributed by atoms with Crippen molar-refractivity contribution >= 4 is 23.4 Å². The molecule has 0 aliphatic carbocycles. The van der Waals surface area contributed by atoms with Crippen LogP contribution in [0.25, 0.3) is 0 Å². The van der Waals surface area contributed by atoms with Crippen LogP contribution >= 0.6 is 0 Å². The van der Waals surface area contributed by atoms with Crippen LogP contribution in [0.2, 0.25) is 0 Å². The molecule has 0 aliphatic heterocycles. The topological polar surface area (TPSA) is 78.5 Å². The number of para-hydroxylation sites is 1. The van der Waals surface area contributed by atoms with E-state index in [1.165, 1.54) is 17.0 Å². The van der Waals surface area contributed by atoms with Crippen molar-refractivity contribution in [1.82, 2.24) is 10.2 Å². The van der Waals surface area contributed by atoms with Crippen molar-refractivity contribution in [2.24, 2.45) is 0 Å². The maximum Gasteiger partial charge on any atom is 0.313 e. The first kappa shape index (κ1) is 19.1. The quantitative estimate of drug-likeness (QED) is 0.802. The van der Waals surface area contributed by atoms with E-state index in [-0.39, 0.29) is 24.0 Å². The molecule has 2 N–H and O–H groups in total. The molecule has 0 atom stereocenters. The minimum Gasteiger partial charge on any atom is -0.347 e. The van der Waals surface area contributed by atoms with Crippen molar-refractivity contribution in [3.63, 3.8) is 0 Å². The lowest BCUT2D eigenvalue weighted by molar-refractivity contribution is -0.136. The van der Waals surface area contributed by atoms with Crippen molar-refractivity contribution in [2.75, 3.05) is 26.0 Å². The Labute approximate surface area is 151 Å². The first-order chi connectivity index (χ1) is 12.4. The number of rotatable bonds is 5. The largest absolute Gasteiger partial charge is 0.347 e. The molecule has 0 fully saturated rings. The van der Waals surface area contributed by atoms with E-state index < -0.39 is 11.8 Å². The molecule has 0 radical (unpaired) electrons. The van der Waals surface area contributed by atoms with Gasteiger partial charge in [-0.3, -0.25) is 14.4 Å². The molecule has 0 bridgehead atoms. The summed E-state index contributed by atoms with van der Waals surface area (Å²) in [6.07, 6.45) is 0.467. The van der Waals surface area contributed by atoms with Gasteiger partial charge in [-0.15, -0.1) is 0 Å². The summed E-state index contributed by atoms with van der Waals surface area (Å²) in [6, 6.07) is 12.4. The smallest absolute Gasteiger partial charge is 0.313 e. The Bertz CT molecular complexity index is 804. The van der Waals surface area contributed by atoms with Crippen molar-refractivity contribution in [2.45, 2.75) is 6.42 Å². The average Bonchev–Trinajstić information content (AvgIpc) is 2.63. The molecule has 0 aliphatic rings. The van der Waals surface area contributed by atoms with E-state index >= 15 is 0 Å². The molecule has 136 valence electrons. The number of hydrogen-bond acceptors (Lipinski definition) is 3. The van der Waals surface area contributed by atoms with Crippen LogP contribution in [0.1, 0.15) is 15.9 Å². The summed E-state index contributed by atoms with van der Waals surface area (Å²) in [6.45, 7) is 0.232. The number of halogens is 1. The van der Waals surface area contributed by atoms with Crippen LogP contribution < -0.4 is 10.6 Å². The summed E-state index contributed by atoms with van der Waals surface area (Å²) in [5.41, 5.74) is 1.41. The third-order valence-corrected chi connectivity index (χ3v) is 3.63. The van der Waals surface area contributed by atoms with E-state index in [9.17, 15) is 18.8 Å². The van der Waals surface area contributed by atoms with E-state index in [1.54, 1.807) is 50.5 Å². The molecule has 7 heteroatoms. The fourth-order valence-corrected chi connectivity index (χ4v) is 2.25. The molecule has 26 heavy (non-hydrogen) atoms. The Balaban J connectivity index is 1.92. The number of nitrogens with zero attached hydrogens (tertiary/aromatic N) is 1. The van der Waals surface area contributed by atoms with E-state index in [0.717, 1.165) is 5.56 Å². The summed E-state index contributed by atoms with van der Waals surface area (Å²) in [7, 11) is 3.20. The SMILES string of the molecule is CN(C)C(=O)c1ccccc1NC(=O)C(=O)NCCc1ccc(F)cc1. The standard InChI is InChI=1S/C19H20FN3O3/c1-23(2)19(26)15-5-3-4-6-16(15)22-18(25)17(24)21-12-11-13-7-9-14(20)10-8-13/h3-10H,11-12H2,1-2H3,(H,21,24)(H,22,25). The highest BCUT2D eigenvalue weighted by Crippen LogP contribution is 2.16. The Kier molecular flexibility index (Phi) is 6.43. The van der Waals surface area contributed by atoms with Crippen LogP contribution in [0, 0.1) is 5.82 Å². The number of benzene rings is 2. The third-order valence-electron chi connectivity index (χ3n) is 3.63. The summed E-state index contributed by atoms with van der Waals surface area (Å²) in [5.74, 6) is -2.27. The van der Waals surface area contributed by atoms with Crippen molar-refractivity contribution in [3.8, 4) is 0 Å². The number of carbonyl (C=O) groups excluding carboxylic acids is 3. The summed E-state index contributed by atoms with van der Waals surface area (Å²) in [5, 5.41) is 4.95. The van der Waals surface area contributed by atoms with Crippen molar-refractivity contribution in [1.29, 1.82) is 0 Å². The molecule has 0 spiro atoms. The number of amides is 3. The normalized spacial score (nSPS) is 10.1. The second-order valence-corrected chi connectivity index (χ2v) is 5.83. The first-order valence-corrected chi connectivity index (χ1v) is 8.03. The predicted molar refractivity (Wildman–Crippen MR) is 96.2 cm³/mol. The minimum absolute atomic E-state index is 0.232. The molecule has 6 nitrogen and oxygen atoms in total. The molecule has 2 rings (SSSR count). The first-order valence-electron chi connectivity index (χ1n) is 8.03. The molecular formula is C19H20FN3O3. The van der Waals surface area contributed by atoms with Crippen molar-refractivity contribution in [3.05, 3.63) is 65.5 Å². The Morgan fingerprint density at radius 2 is 1.62 bits per heavy atom. The lowest BCUT2D eigenvalue weighted by Gasteiger charge is -2.14. The van der Waals surface area contributed by atoms with Gasteiger partial charge in [0.25, 0.3) is 5.91 Å². The monoisotopic (exact) mass is 357 g/mol. The average molecular weight is 357 g/mol. The highest BCUT2D eigenvalue weighted by molar-refractivity contribution is 6.40. The van der Waals surface area contributed by atoms with Gasteiger partial charge in [0, 0.05) is 20.6 Å². The van der Waals surface area contributed by atoms with Gasteiger partial charge >= 0.3 is 11.8 Å². The van der Waals surface area contributed by atoms with Crippen LogP contribution in [0.4, 0.5) is 10.1 Å². The second kappa shape index (κ2) is 8.75. The third kappa shape index (κ3) is 5.14. The van der Waals surface area contributed by atoms with Gasteiger partial charge in [-0.25, -0.2) is 4.39 Å². The minimum atomic E-state index is -0.858. The van der Waals surface area contributed by atoms with Gasteiger partial charge in [-0.1, -0.05) is 24.3 Å². The van der Waals surface area contributed by atoms with Crippen LogP contribution in [-0.4, -0.2) is 43.3 Å². The summed E-state index contributed by atoms with van der Waals surface area (Å²) < 4.78 is 12.8. The number of anilines is 1. The van der Waals surface area contributed by atoms with Gasteiger partial charge in [0.1, 0.15) is 5.82 Å². The van der Waals surface area contributed by atoms with Crippen molar-refractivity contribution < 1.29 is 18.8 Å². The van der Waals surface area contributed by atoms with Crippen LogP contribution in [0.5, 0.6) is 0 Å². The Hall–Kier alpha value is -3.22. The highest BCUT2D eigenvalue weighted by atomic mass is 19.1. The van der Waals surface area contributed by atoms with E-state index in [0.29, 0.717) is 12.0 Å². The molecule has 3 amide bonds. The second-order valence-electron chi connectivity index (χ2n) is 5.83. The fourth-order valence-electron chi connectivity index (χ4n) is 2.25. The molecule has 0 saturated heterocycles. The van der Waals surface area contributed by atoms with Gasteiger partial charge in [-0.2, -0.15) is 0 Å². The van der Waals surface area contributed by atoms with Gasteiger partial charge in [0.05, 0.1) is 11.3 Å². The number of carbonyl (C=O) groups is 3. The van der Waals surface area contributed by atoms with Gasteiger partial charge in [0.15, 0.2) is 0 Å². The van der Waals surface area contributed by atoms with E-state index in [1.807, 2.05) is 0 Å². The Morgan fingerprint density at radius 3 is 2.27 bits per heavy atom. The Morgan fingerprint density at radius 1 is 0.962 bits per heavy atom. The van der Waals surface area contributed by atoms with Crippen LogP contribution in [-0.2, 0) is 16.0 Å². The number of hydrogen-bond donors (Lipinski definition) is 2. The predicted octanol–water partition coefficient (Wildman–Crippen LogP) is 1.82. The molecule has 0 unspecified atom stereocenters. The summed E-state index contributed by atoms with van der Waals surface area (Å²) in [4.78, 5) is 37.5. The zero-order valence-corrected chi connectivity index (χ0v) is 14.6. The molecule has 0 aromatic heterocycles. The molecule has 2 aromatic carbocycles. The number of nitrogens with one attached hydrogen (secondary N) is 2. The van der Waals surface area contributed by atoms with E-state index in [4.69, 9.17) is 0 Å². The molecular weight excluding hydrogens is 337 g/mol. The fraction of sp³-hybridized carbons (Fsp3) is 0.211. The highest BCUT2D eigenvalue weighted by Gasteiger charge is 2.18. The van der Waals surface area contributed by atoms with Gasteiger partial charge in [-0.05, 0) is 36.2 Å². The van der Waals surface area contributed by atoms with E-state index in [2.05, 4.69) is 10.6 Å². The maximum absolute atomic E-state index is 12.8. The van der Waals surface area contributed by atoms with Gasteiger partial charge < -0.3 is 15.5 Å².